The monoisotopic (exact) mass is 264 g/mol. The Morgan fingerprint density at radius 3 is 2.63 bits per heavy atom. The van der Waals surface area contributed by atoms with Crippen LogP contribution in [0.3, 0.4) is 0 Å². The number of nitrogens with one attached hydrogen (secondary N) is 3. The highest BCUT2D eigenvalue weighted by Crippen LogP contribution is 2.16. The van der Waals surface area contributed by atoms with Gasteiger partial charge in [0.2, 0.25) is 5.91 Å². The molecule has 5 N–H and O–H groups in total. The maximum absolute atomic E-state index is 11.9. The smallest absolute Gasteiger partial charge is 0.253 e. The molecule has 1 rings (SSSR count). The third-order valence-corrected chi connectivity index (χ3v) is 2.59. The molecule has 0 aliphatic rings. The van der Waals surface area contributed by atoms with Gasteiger partial charge in [-0.1, -0.05) is 6.07 Å². The van der Waals surface area contributed by atoms with Crippen molar-refractivity contribution in [1.29, 1.82) is 0 Å². The molecule has 0 atom stereocenters. The first kappa shape index (κ1) is 15.0. The number of carbonyl (C=O) groups excluding carboxylic acids is 2. The second-order valence-electron chi connectivity index (χ2n) is 4.15. The van der Waals surface area contributed by atoms with Gasteiger partial charge in [0.05, 0.1) is 11.3 Å². The van der Waals surface area contributed by atoms with Crippen LogP contribution in [-0.4, -0.2) is 24.9 Å². The summed E-state index contributed by atoms with van der Waals surface area (Å²) in [5.74, 6) is 5.05. The van der Waals surface area contributed by atoms with Crippen molar-refractivity contribution in [3.63, 3.8) is 0 Å². The van der Waals surface area contributed by atoms with Gasteiger partial charge in [0.15, 0.2) is 0 Å². The molecule has 6 heteroatoms. The number of hydrogen-bond donors (Lipinski definition) is 4. The molecule has 6 nitrogen and oxygen atoms in total. The van der Waals surface area contributed by atoms with Crippen molar-refractivity contribution in [2.75, 3.05) is 18.5 Å². The molecule has 0 radical (unpaired) electrons. The fourth-order valence-corrected chi connectivity index (χ4v) is 1.65. The van der Waals surface area contributed by atoms with Gasteiger partial charge in [-0.2, -0.15) is 0 Å². The van der Waals surface area contributed by atoms with E-state index in [0.29, 0.717) is 24.3 Å². The van der Waals surface area contributed by atoms with Crippen molar-refractivity contribution in [3.05, 3.63) is 29.3 Å². The maximum Gasteiger partial charge on any atom is 0.253 e. The lowest BCUT2D eigenvalue weighted by Gasteiger charge is -2.10. The minimum atomic E-state index is -0.253. The molecule has 0 aliphatic heterocycles. The summed E-state index contributed by atoms with van der Waals surface area (Å²) < 4.78 is 0. The first-order valence-electron chi connectivity index (χ1n) is 6.20. The Morgan fingerprint density at radius 2 is 2.00 bits per heavy atom. The Bertz CT molecular complexity index is 460. The van der Waals surface area contributed by atoms with Crippen LogP contribution in [0.4, 0.5) is 5.69 Å². The SMILES string of the molecule is CCNC(=O)CCNC(=O)c1ccc(C)cc1NN. The van der Waals surface area contributed by atoms with Crippen molar-refractivity contribution in [2.45, 2.75) is 20.3 Å². The lowest BCUT2D eigenvalue weighted by molar-refractivity contribution is -0.120. The maximum atomic E-state index is 11.9. The van der Waals surface area contributed by atoms with Gasteiger partial charge in [-0.05, 0) is 31.5 Å². The van der Waals surface area contributed by atoms with Gasteiger partial charge in [0.1, 0.15) is 0 Å². The molecule has 0 fully saturated rings. The van der Waals surface area contributed by atoms with Gasteiger partial charge < -0.3 is 16.1 Å². The molecule has 1 aromatic carbocycles. The van der Waals surface area contributed by atoms with Crippen LogP contribution in [0.15, 0.2) is 18.2 Å². The van der Waals surface area contributed by atoms with E-state index in [1.807, 2.05) is 19.9 Å². The van der Waals surface area contributed by atoms with E-state index in [4.69, 9.17) is 5.84 Å². The van der Waals surface area contributed by atoms with Crippen LogP contribution < -0.4 is 21.9 Å². The molecule has 0 aromatic heterocycles. The van der Waals surface area contributed by atoms with Gasteiger partial charge in [-0.15, -0.1) is 0 Å². The van der Waals surface area contributed by atoms with Gasteiger partial charge in [0, 0.05) is 19.5 Å². The number of carbonyl (C=O) groups is 2. The summed E-state index contributed by atoms with van der Waals surface area (Å²) >= 11 is 0. The van der Waals surface area contributed by atoms with Gasteiger partial charge in [-0.25, -0.2) is 0 Å². The minimum Gasteiger partial charge on any atom is -0.356 e. The fourth-order valence-electron chi connectivity index (χ4n) is 1.65. The molecule has 0 unspecified atom stereocenters. The van der Waals surface area contributed by atoms with Crippen molar-refractivity contribution in [1.82, 2.24) is 10.6 Å². The first-order chi connectivity index (χ1) is 9.08. The van der Waals surface area contributed by atoms with E-state index in [1.165, 1.54) is 0 Å². The number of rotatable bonds is 6. The van der Waals surface area contributed by atoms with E-state index in [9.17, 15) is 9.59 Å². The number of benzene rings is 1. The molecular weight excluding hydrogens is 244 g/mol. The highest BCUT2D eigenvalue weighted by Gasteiger charge is 2.11. The van der Waals surface area contributed by atoms with Crippen molar-refractivity contribution in [2.24, 2.45) is 5.84 Å². The molecular formula is C13H20N4O2. The van der Waals surface area contributed by atoms with Crippen LogP contribution in [0.25, 0.3) is 0 Å². The number of nitrogens with two attached hydrogens (primary N) is 1. The molecule has 2 amide bonds. The molecule has 19 heavy (non-hydrogen) atoms. The van der Waals surface area contributed by atoms with Gasteiger partial charge in [-0.3, -0.25) is 15.4 Å². The molecule has 1 aromatic rings. The Morgan fingerprint density at radius 1 is 1.26 bits per heavy atom. The molecule has 0 heterocycles. The Kier molecular flexibility index (Phi) is 5.81. The van der Waals surface area contributed by atoms with E-state index in [1.54, 1.807) is 12.1 Å². The highest BCUT2D eigenvalue weighted by atomic mass is 16.2. The quantitative estimate of drug-likeness (QED) is 0.445. The predicted molar refractivity (Wildman–Crippen MR) is 74.6 cm³/mol. The standard InChI is InChI=1S/C13H20N4O2/c1-3-15-12(18)6-7-16-13(19)10-5-4-9(2)8-11(10)17-14/h4-5,8,17H,3,6-7,14H2,1-2H3,(H,15,18)(H,16,19). The van der Waals surface area contributed by atoms with E-state index in [-0.39, 0.29) is 18.2 Å². The fraction of sp³-hybridized carbons (Fsp3) is 0.385. The minimum absolute atomic E-state index is 0.0797. The van der Waals surface area contributed by atoms with E-state index < -0.39 is 0 Å². The molecule has 0 spiro atoms. The third kappa shape index (κ3) is 4.59. The predicted octanol–water partition coefficient (Wildman–Crippen LogP) is 0.537. The van der Waals surface area contributed by atoms with Crippen LogP contribution in [0.5, 0.6) is 0 Å². The second kappa shape index (κ2) is 7.38. The molecule has 104 valence electrons. The summed E-state index contributed by atoms with van der Waals surface area (Å²) in [6.07, 6.45) is 0.261. The van der Waals surface area contributed by atoms with Gasteiger partial charge >= 0.3 is 0 Å². The lowest BCUT2D eigenvalue weighted by atomic mass is 10.1. The van der Waals surface area contributed by atoms with Gasteiger partial charge in [0.25, 0.3) is 5.91 Å². The number of hydrazine groups is 1. The largest absolute Gasteiger partial charge is 0.356 e. The summed E-state index contributed by atoms with van der Waals surface area (Å²) in [6.45, 7) is 4.65. The Balaban J connectivity index is 2.56. The number of aryl methyl sites for hydroxylation is 1. The van der Waals surface area contributed by atoms with E-state index in [0.717, 1.165) is 5.56 Å². The average Bonchev–Trinajstić information content (AvgIpc) is 2.38. The zero-order valence-electron chi connectivity index (χ0n) is 11.2. The number of anilines is 1. The molecule has 0 bridgehead atoms. The van der Waals surface area contributed by atoms with Crippen molar-refractivity contribution in [3.8, 4) is 0 Å². The summed E-state index contributed by atoms with van der Waals surface area (Å²) in [6, 6.07) is 5.32. The first-order valence-corrected chi connectivity index (χ1v) is 6.20. The van der Waals surface area contributed by atoms with E-state index >= 15 is 0 Å². The zero-order chi connectivity index (χ0) is 14.3. The summed E-state index contributed by atoms with van der Waals surface area (Å²) in [5.41, 5.74) is 4.53. The van der Waals surface area contributed by atoms with Crippen molar-refractivity contribution >= 4 is 17.5 Å². The van der Waals surface area contributed by atoms with Crippen LogP contribution >= 0.6 is 0 Å². The number of hydrogen-bond acceptors (Lipinski definition) is 4. The van der Waals surface area contributed by atoms with Crippen LogP contribution in [-0.2, 0) is 4.79 Å². The summed E-state index contributed by atoms with van der Waals surface area (Å²) in [7, 11) is 0. The lowest BCUT2D eigenvalue weighted by Crippen LogP contribution is -2.31. The molecule has 0 saturated heterocycles. The molecule has 0 aliphatic carbocycles. The van der Waals surface area contributed by atoms with Crippen LogP contribution in [0, 0.1) is 6.92 Å². The zero-order valence-corrected chi connectivity index (χ0v) is 11.2. The number of amides is 2. The molecule has 0 saturated carbocycles. The highest BCUT2D eigenvalue weighted by molar-refractivity contribution is 5.99. The second-order valence-corrected chi connectivity index (χ2v) is 4.15. The topological polar surface area (TPSA) is 96.2 Å². The van der Waals surface area contributed by atoms with Crippen LogP contribution in [0.1, 0.15) is 29.3 Å². The van der Waals surface area contributed by atoms with E-state index in [2.05, 4.69) is 16.1 Å². The Hall–Kier alpha value is -2.08. The third-order valence-electron chi connectivity index (χ3n) is 2.59. The Labute approximate surface area is 112 Å². The number of nitrogen functional groups attached to an aromatic ring is 1. The summed E-state index contributed by atoms with van der Waals surface area (Å²) in [5, 5.41) is 5.35. The average molecular weight is 264 g/mol. The normalized spacial score (nSPS) is 9.84. The van der Waals surface area contributed by atoms with Crippen LogP contribution in [0.2, 0.25) is 0 Å². The summed E-state index contributed by atoms with van der Waals surface area (Å²) in [4.78, 5) is 23.2. The van der Waals surface area contributed by atoms with Crippen molar-refractivity contribution < 1.29 is 9.59 Å².